The van der Waals surface area contributed by atoms with Crippen LogP contribution in [0.1, 0.15) is 67.8 Å². The zero-order valence-electron chi connectivity index (χ0n) is 18.2. The van der Waals surface area contributed by atoms with E-state index in [0.29, 0.717) is 25.4 Å². The van der Waals surface area contributed by atoms with Gasteiger partial charge in [-0.15, -0.1) is 0 Å². The molecule has 1 aliphatic heterocycles. The summed E-state index contributed by atoms with van der Waals surface area (Å²) in [7, 11) is -3.61. The van der Waals surface area contributed by atoms with Crippen molar-refractivity contribution in [1.29, 1.82) is 0 Å². The Morgan fingerprint density at radius 2 is 1.90 bits per heavy atom. The quantitative estimate of drug-likeness (QED) is 0.704. The first-order chi connectivity index (χ1) is 14.6. The van der Waals surface area contributed by atoms with Gasteiger partial charge in [0.2, 0.25) is 10.0 Å². The number of carbonyl (C=O) groups is 1. The maximum atomic E-state index is 13.1. The van der Waals surface area contributed by atoms with Gasteiger partial charge in [0.15, 0.2) is 5.69 Å². The molecule has 1 amide bonds. The molecule has 0 bridgehead atoms. The summed E-state index contributed by atoms with van der Waals surface area (Å²) in [5.41, 5.74) is 6.72. The molecule has 2 atom stereocenters. The van der Waals surface area contributed by atoms with Crippen LogP contribution < -0.4 is 11.1 Å². The molecule has 8 nitrogen and oxygen atoms in total. The second-order valence-corrected chi connectivity index (χ2v) is 11.3. The summed E-state index contributed by atoms with van der Waals surface area (Å²) in [6.45, 7) is 6.38. The van der Waals surface area contributed by atoms with Gasteiger partial charge in [-0.05, 0) is 56.7 Å². The summed E-state index contributed by atoms with van der Waals surface area (Å²) in [4.78, 5) is 12.8. The molecule has 0 radical (unpaired) electrons. The van der Waals surface area contributed by atoms with E-state index in [1.165, 1.54) is 4.31 Å². The summed E-state index contributed by atoms with van der Waals surface area (Å²) in [5, 5.41) is 6.88. The molecule has 31 heavy (non-hydrogen) atoms. The Morgan fingerprint density at radius 3 is 2.48 bits per heavy atom. The number of hydrogen-bond acceptors (Lipinski definition) is 6. The SMILES string of the molecule is C[C@H]1CN(S(=O)(=O)c2ccc(C(C)(C)N)cc2)CC[C@H]1NC(=O)c1cc(C2CC2)on1. The molecular formula is C22H30N4O4S. The number of sulfonamides is 1. The van der Waals surface area contributed by atoms with Gasteiger partial charge in [0.1, 0.15) is 5.76 Å². The van der Waals surface area contributed by atoms with Crippen LogP contribution in [0.4, 0.5) is 0 Å². The molecular weight excluding hydrogens is 416 g/mol. The van der Waals surface area contributed by atoms with Crippen LogP contribution in [-0.2, 0) is 15.6 Å². The number of nitrogens with zero attached hydrogens (tertiary/aromatic N) is 2. The van der Waals surface area contributed by atoms with E-state index >= 15 is 0 Å². The highest BCUT2D eigenvalue weighted by atomic mass is 32.2. The number of benzene rings is 1. The Kier molecular flexibility index (Phi) is 5.70. The number of piperidine rings is 1. The van der Waals surface area contributed by atoms with Gasteiger partial charge in [-0.3, -0.25) is 4.79 Å². The summed E-state index contributed by atoms with van der Waals surface area (Å²) in [6.07, 6.45) is 2.69. The van der Waals surface area contributed by atoms with Crippen molar-refractivity contribution < 1.29 is 17.7 Å². The van der Waals surface area contributed by atoms with Gasteiger partial charge < -0.3 is 15.6 Å². The van der Waals surface area contributed by atoms with Gasteiger partial charge in [0.25, 0.3) is 5.91 Å². The Bertz CT molecular complexity index is 1050. The molecule has 1 aromatic carbocycles. The van der Waals surface area contributed by atoms with Gasteiger partial charge in [-0.1, -0.05) is 24.2 Å². The Labute approximate surface area is 183 Å². The highest BCUT2D eigenvalue weighted by molar-refractivity contribution is 7.89. The number of carbonyl (C=O) groups excluding carboxylic acids is 1. The smallest absolute Gasteiger partial charge is 0.273 e. The van der Waals surface area contributed by atoms with E-state index in [1.807, 2.05) is 20.8 Å². The first-order valence-corrected chi connectivity index (χ1v) is 12.2. The summed E-state index contributed by atoms with van der Waals surface area (Å²) in [5.74, 6) is 0.850. The third-order valence-electron chi connectivity index (χ3n) is 6.16. The second kappa shape index (κ2) is 8.03. The van der Waals surface area contributed by atoms with Gasteiger partial charge in [-0.25, -0.2) is 8.42 Å². The van der Waals surface area contributed by atoms with Gasteiger partial charge in [0.05, 0.1) is 4.90 Å². The van der Waals surface area contributed by atoms with E-state index in [0.717, 1.165) is 24.2 Å². The minimum absolute atomic E-state index is 0.0375. The summed E-state index contributed by atoms with van der Waals surface area (Å²) < 4.78 is 33.0. The van der Waals surface area contributed by atoms with Crippen LogP contribution in [0.3, 0.4) is 0 Å². The largest absolute Gasteiger partial charge is 0.360 e. The molecule has 168 valence electrons. The molecule has 1 aromatic heterocycles. The van der Waals surface area contributed by atoms with Crippen molar-refractivity contribution in [3.63, 3.8) is 0 Å². The highest BCUT2D eigenvalue weighted by Gasteiger charge is 2.35. The zero-order valence-corrected chi connectivity index (χ0v) is 19.0. The lowest BCUT2D eigenvalue weighted by molar-refractivity contribution is 0.0892. The summed E-state index contributed by atoms with van der Waals surface area (Å²) >= 11 is 0. The Balaban J connectivity index is 1.39. The normalized spacial score (nSPS) is 23.0. The van der Waals surface area contributed by atoms with Crippen LogP contribution in [-0.4, -0.2) is 42.9 Å². The number of nitrogens with one attached hydrogen (secondary N) is 1. The number of rotatable bonds is 6. The van der Waals surface area contributed by atoms with Crippen molar-refractivity contribution in [3.05, 3.63) is 47.3 Å². The van der Waals surface area contributed by atoms with E-state index < -0.39 is 15.6 Å². The fourth-order valence-electron chi connectivity index (χ4n) is 3.94. The molecule has 0 unspecified atom stereocenters. The number of amides is 1. The van der Waals surface area contributed by atoms with E-state index in [2.05, 4.69) is 10.5 Å². The van der Waals surface area contributed by atoms with Crippen LogP contribution in [0.2, 0.25) is 0 Å². The maximum Gasteiger partial charge on any atom is 0.273 e. The minimum atomic E-state index is -3.61. The molecule has 4 rings (SSSR count). The lowest BCUT2D eigenvalue weighted by Gasteiger charge is -2.36. The zero-order chi connectivity index (χ0) is 22.4. The second-order valence-electron chi connectivity index (χ2n) is 9.34. The third kappa shape index (κ3) is 4.68. The molecule has 2 heterocycles. The van der Waals surface area contributed by atoms with Crippen LogP contribution in [0.15, 0.2) is 39.8 Å². The molecule has 3 N–H and O–H groups in total. The first-order valence-electron chi connectivity index (χ1n) is 10.7. The van der Waals surface area contributed by atoms with Crippen LogP contribution in [0, 0.1) is 5.92 Å². The lowest BCUT2D eigenvalue weighted by atomic mass is 9.95. The number of aromatic nitrogens is 1. The van der Waals surface area contributed by atoms with Gasteiger partial charge >= 0.3 is 0 Å². The van der Waals surface area contributed by atoms with Crippen LogP contribution in [0.25, 0.3) is 0 Å². The molecule has 9 heteroatoms. The van der Waals surface area contributed by atoms with Gasteiger partial charge in [-0.2, -0.15) is 4.31 Å². The summed E-state index contributed by atoms with van der Waals surface area (Å²) in [6, 6.07) is 8.33. The van der Waals surface area contributed by atoms with Crippen LogP contribution in [0.5, 0.6) is 0 Å². The molecule has 0 spiro atoms. The molecule has 1 saturated heterocycles. The fraction of sp³-hybridized carbons (Fsp3) is 0.545. The van der Waals surface area contributed by atoms with Crippen molar-refractivity contribution in [2.24, 2.45) is 11.7 Å². The average Bonchev–Trinajstić information content (AvgIpc) is 3.45. The predicted octanol–water partition coefficient (Wildman–Crippen LogP) is 2.57. The molecule has 1 saturated carbocycles. The predicted molar refractivity (Wildman–Crippen MR) is 116 cm³/mol. The Hall–Kier alpha value is -2.23. The maximum absolute atomic E-state index is 13.1. The van der Waals surface area contributed by atoms with E-state index in [4.69, 9.17) is 10.3 Å². The van der Waals surface area contributed by atoms with Crippen molar-refractivity contribution >= 4 is 15.9 Å². The van der Waals surface area contributed by atoms with E-state index in [-0.39, 0.29) is 28.5 Å². The standard InChI is InChI=1S/C22H30N4O4S/c1-14-13-26(31(28,29)17-8-6-16(7-9-17)22(2,3)23)11-10-18(14)24-21(27)19-12-20(30-25-19)15-4-5-15/h6-9,12,14-15,18H,4-5,10-11,13,23H2,1-3H3,(H,24,27)/t14-,18+/m0/s1. The molecule has 2 fully saturated rings. The average molecular weight is 447 g/mol. The Morgan fingerprint density at radius 1 is 1.23 bits per heavy atom. The number of nitrogens with two attached hydrogens (primary N) is 1. The molecule has 1 aliphatic carbocycles. The minimum Gasteiger partial charge on any atom is -0.360 e. The van der Waals surface area contributed by atoms with Crippen molar-refractivity contribution in [2.75, 3.05) is 13.1 Å². The van der Waals surface area contributed by atoms with E-state index in [9.17, 15) is 13.2 Å². The van der Waals surface area contributed by atoms with Crippen LogP contribution >= 0.6 is 0 Å². The van der Waals surface area contributed by atoms with Gasteiger partial charge in [0, 0.05) is 36.7 Å². The topological polar surface area (TPSA) is 119 Å². The van der Waals surface area contributed by atoms with Crippen molar-refractivity contribution in [2.45, 2.75) is 62.4 Å². The lowest BCUT2D eigenvalue weighted by Crippen LogP contribution is -2.51. The third-order valence-corrected chi connectivity index (χ3v) is 8.04. The highest BCUT2D eigenvalue weighted by Crippen LogP contribution is 2.40. The monoisotopic (exact) mass is 446 g/mol. The van der Waals surface area contributed by atoms with E-state index in [1.54, 1.807) is 30.3 Å². The molecule has 2 aliphatic rings. The van der Waals surface area contributed by atoms with Crippen molar-refractivity contribution in [3.8, 4) is 0 Å². The van der Waals surface area contributed by atoms with Crippen molar-refractivity contribution in [1.82, 2.24) is 14.8 Å². The molecule has 2 aromatic rings. The first kappa shape index (κ1) is 22.0. The fourth-order valence-corrected chi connectivity index (χ4v) is 5.50. The number of hydrogen-bond donors (Lipinski definition) is 2.